The van der Waals surface area contributed by atoms with Gasteiger partial charge in [-0.05, 0) is 48.0 Å². The van der Waals surface area contributed by atoms with Crippen molar-refractivity contribution in [3.05, 3.63) is 94.0 Å². The highest BCUT2D eigenvalue weighted by Crippen LogP contribution is 2.26. The molecule has 7 nitrogen and oxygen atoms in total. The molecule has 2 aromatic carbocycles. The quantitative estimate of drug-likeness (QED) is 0.506. The Kier molecular flexibility index (Phi) is 5.25. The van der Waals surface area contributed by atoms with Gasteiger partial charge in [-0.25, -0.2) is 13.6 Å². The summed E-state index contributed by atoms with van der Waals surface area (Å²) in [6.45, 7) is -1.16. The molecule has 2 heterocycles. The molecule has 0 bridgehead atoms. The Morgan fingerprint density at radius 3 is 2.80 bits per heavy atom. The molecule has 0 aliphatic carbocycles. The fourth-order valence-electron chi connectivity index (χ4n) is 3.05. The first-order valence-electron chi connectivity index (χ1n) is 8.88. The Morgan fingerprint density at radius 2 is 2.07 bits per heavy atom. The monoisotopic (exact) mass is 411 g/mol. The highest BCUT2D eigenvalue weighted by Gasteiger charge is 2.21. The molecule has 152 valence electrons. The Bertz CT molecular complexity index is 1250. The van der Waals surface area contributed by atoms with Gasteiger partial charge in [-0.1, -0.05) is 12.1 Å². The van der Waals surface area contributed by atoms with E-state index in [9.17, 15) is 18.4 Å². The predicted octanol–water partition coefficient (Wildman–Crippen LogP) is 3.48. The first-order chi connectivity index (χ1) is 14.5. The maximum atomic E-state index is 14.3. The van der Waals surface area contributed by atoms with Crippen molar-refractivity contribution in [2.24, 2.45) is 0 Å². The van der Waals surface area contributed by atoms with Crippen LogP contribution in [0.4, 0.5) is 8.78 Å². The van der Waals surface area contributed by atoms with E-state index >= 15 is 0 Å². The Labute approximate surface area is 168 Å². The highest BCUT2D eigenvalue weighted by molar-refractivity contribution is 5.97. The van der Waals surface area contributed by atoms with Crippen molar-refractivity contribution in [2.75, 3.05) is 6.86 Å². The lowest BCUT2D eigenvalue weighted by Crippen LogP contribution is -2.30. The lowest BCUT2D eigenvalue weighted by atomic mass is 10.0. The van der Waals surface area contributed by atoms with Crippen LogP contribution < -0.4 is 15.8 Å². The number of aromatic amines is 1. The average molecular weight is 411 g/mol. The number of fused-ring (bicyclic) bond motifs is 1. The van der Waals surface area contributed by atoms with E-state index in [4.69, 9.17) is 4.42 Å². The summed E-state index contributed by atoms with van der Waals surface area (Å²) in [7, 11) is 0. The van der Waals surface area contributed by atoms with Crippen molar-refractivity contribution in [1.29, 1.82) is 0 Å². The molecule has 0 radical (unpaired) electrons. The minimum absolute atomic E-state index is 0.236. The molecule has 4 aromatic rings. The zero-order valence-corrected chi connectivity index (χ0v) is 15.4. The largest absolute Gasteiger partial charge is 0.460 e. The molecule has 4 rings (SSSR count). The number of hydrogen-bond donors (Lipinski definition) is 2. The first-order valence-corrected chi connectivity index (χ1v) is 8.88. The van der Waals surface area contributed by atoms with Crippen LogP contribution in [0.2, 0.25) is 0 Å². The fraction of sp³-hybridized carbons (Fsp3) is 0.0952. The number of H-pyrrole nitrogens is 1. The summed E-state index contributed by atoms with van der Waals surface area (Å²) in [5, 5.41) is 2.80. The topological polar surface area (TPSA) is 97.2 Å². The first kappa shape index (κ1) is 19.3. The van der Waals surface area contributed by atoms with Crippen LogP contribution in [0.5, 0.6) is 5.75 Å². The number of ether oxygens (including phenoxy) is 1. The van der Waals surface area contributed by atoms with Crippen molar-refractivity contribution < 1.29 is 22.7 Å². The number of carbonyl (C=O) groups excluding carboxylic acids is 1. The van der Waals surface area contributed by atoms with Crippen molar-refractivity contribution in [2.45, 2.75) is 6.04 Å². The van der Waals surface area contributed by atoms with Crippen LogP contribution in [-0.2, 0) is 0 Å². The van der Waals surface area contributed by atoms with Crippen molar-refractivity contribution in [3.63, 3.8) is 0 Å². The van der Waals surface area contributed by atoms with Gasteiger partial charge < -0.3 is 14.5 Å². The molecule has 0 spiro atoms. The van der Waals surface area contributed by atoms with Crippen molar-refractivity contribution >= 4 is 17.0 Å². The summed E-state index contributed by atoms with van der Waals surface area (Å²) in [4.78, 5) is 30.9. The molecule has 1 amide bonds. The fourth-order valence-corrected chi connectivity index (χ4v) is 3.05. The lowest BCUT2D eigenvalue weighted by molar-refractivity contribution is 0.0942. The molecule has 0 saturated heterocycles. The summed E-state index contributed by atoms with van der Waals surface area (Å²) in [5.74, 6) is -2.11. The van der Waals surface area contributed by atoms with Crippen molar-refractivity contribution in [3.8, 4) is 5.75 Å². The van der Waals surface area contributed by atoms with Crippen LogP contribution in [-0.4, -0.2) is 22.7 Å². The summed E-state index contributed by atoms with van der Waals surface area (Å²) in [5.41, 5.74) is 1.80. The third-order valence-electron chi connectivity index (χ3n) is 4.44. The van der Waals surface area contributed by atoms with Crippen LogP contribution in [0.3, 0.4) is 0 Å². The summed E-state index contributed by atoms with van der Waals surface area (Å²) < 4.78 is 36.2. The number of benzene rings is 2. The molecule has 0 fully saturated rings. The molecule has 2 N–H and O–H groups in total. The predicted molar refractivity (Wildman–Crippen MR) is 103 cm³/mol. The van der Waals surface area contributed by atoms with Crippen LogP contribution in [0.1, 0.15) is 27.7 Å². The number of aromatic nitrogens is 2. The molecule has 0 aliphatic heterocycles. The van der Waals surface area contributed by atoms with Gasteiger partial charge in [-0.2, -0.15) is 0 Å². The lowest BCUT2D eigenvalue weighted by Gasteiger charge is -2.19. The van der Waals surface area contributed by atoms with Crippen LogP contribution in [0, 0.1) is 5.82 Å². The van der Waals surface area contributed by atoms with E-state index in [1.807, 2.05) is 0 Å². The Hall–Kier alpha value is -4.01. The van der Waals surface area contributed by atoms with E-state index in [0.717, 1.165) is 6.07 Å². The van der Waals surface area contributed by atoms with E-state index in [2.05, 4.69) is 20.0 Å². The van der Waals surface area contributed by atoms with E-state index in [1.54, 1.807) is 30.5 Å². The minimum atomic E-state index is -1.16. The SMILES string of the molecule is O=C(N[C@@H](c1ccc(OCF)c(F)c1)c1ccccn1)c1ccc2[nH]c(=O)oc2c1. The zero-order chi connectivity index (χ0) is 21.1. The minimum Gasteiger partial charge on any atom is -0.460 e. The summed E-state index contributed by atoms with van der Waals surface area (Å²) in [6, 6.07) is 12.8. The number of hydrogen-bond acceptors (Lipinski definition) is 5. The number of nitrogens with zero attached hydrogens (tertiary/aromatic N) is 1. The van der Waals surface area contributed by atoms with Crippen LogP contribution >= 0.6 is 0 Å². The van der Waals surface area contributed by atoms with E-state index < -0.39 is 30.4 Å². The van der Waals surface area contributed by atoms with Crippen molar-refractivity contribution in [1.82, 2.24) is 15.3 Å². The molecule has 30 heavy (non-hydrogen) atoms. The maximum Gasteiger partial charge on any atom is 0.417 e. The normalized spacial score (nSPS) is 11.9. The molecule has 0 unspecified atom stereocenters. The Morgan fingerprint density at radius 1 is 1.20 bits per heavy atom. The van der Waals surface area contributed by atoms with E-state index in [0.29, 0.717) is 16.8 Å². The number of nitrogens with one attached hydrogen (secondary N) is 2. The second-order valence-corrected chi connectivity index (χ2v) is 6.33. The molecule has 9 heteroatoms. The van der Waals surface area contributed by atoms with Crippen LogP contribution in [0.15, 0.2) is 70.0 Å². The van der Waals surface area contributed by atoms with E-state index in [-0.39, 0.29) is 16.9 Å². The van der Waals surface area contributed by atoms with Crippen LogP contribution in [0.25, 0.3) is 11.1 Å². The highest BCUT2D eigenvalue weighted by atomic mass is 19.1. The van der Waals surface area contributed by atoms with Gasteiger partial charge in [0.15, 0.2) is 17.1 Å². The third-order valence-corrected chi connectivity index (χ3v) is 4.44. The number of alkyl halides is 1. The van der Waals surface area contributed by atoms with Gasteiger partial charge in [-0.3, -0.25) is 14.8 Å². The Balaban J connectivity index is 1.68. The second-order valence-electron chi connectivity index (χ2n) is 6.33. The summed E-state index contributed by atoms with van der Waals surface area (Å²) >= 11 is 0. The number of oxazole rings is 1. The van der Waals surface area contributed by atoms with Gasteiger partial charge in [-0.15, -0.1) is 0 Å². The van der Waals surface area contributed by atoms with Gasteiger partial charge in [0.1, 0.15) is 0 Å². The van der Waals surface area contributed by atoms with Gasteiger partial charge in [0.2, 0.25) is 6.86 Å². The number of amides is 1. The van der Waals surface area contributed by atoms with E-state index in [1.165, 1.54) is 24.3 Å². The molecular formula is C21H15F2N3O4. The maximum absolute atomic E-state index is 14.3. The summed E-state index contributed by atoms with van der Waals surface area (Å²) in [6.07, 6.45) is 1.55. The standard InChI is InChI=1S/C21H15F2N3O4/c22-11-29-17-7-5-12(9-14(17)23)19(16-3-1-2-8-24-16)26-20(27)13-4-6-15-18(10-13)30-21(28)25-15/h1-10,19H,11H2,(H,25,28)(H,26,27)/t19-/m0/s1. The molecule has 1 atom stereocenters. The molecule has 0 saturated carbocycles. The average Bonchev–Trinajstić information content (AvgIpc) is 3.13. The number of rotatable bonds is 6. The third kappa shape index (κ3) is 3.90. The smallest absolute Gasteiger partial charge is 0.417 e. The number of halogens is 2. The van der Waals surface area contributed by atoms with Gasteiger partial charge >= 0.3 is 5.76 Å². The van der Waals surface area contributed by atoms with Gasteiger partial charge in [0.05, 0.1) is 17.3 Å². The molecule has 0 aliphatic rings. The molecular weight excluding hydrogens is 396 g/mol. The van der Waals surface area contributed by atoms with Gasteiger partial charge in [0, 0.05) is 11.8 Å². The number of pyridine rings is 1. The number of carbonyl (C=O) groups is 1. The van der Waals surface area contributed by atoms with Gasteiger partial charge in [0.25, 0.3) is 5.91 Å². The second kappa shape index (κ2) is 8.16. The zero-order valence-electron chi connectivity index (χ0n) is 15.4. The molecule has 2 aromatic heterocycles.